The highest BCUT2D eigenvalue weighted by Crippen LogP contribution is 2.47. The summed E-state index contributed by atoms with van der Waals surface area (Å²) in [4.78, 5) is 0. The summed E-state index contributed by atoms with van der Waals surface area (Å²) >= 11 is 0. The van der Waals surface area contributed by atoms with E-state index >= 15 is 0 Å². The fraction of sp³-hybridized carbons (Fsp3) is 1.00. The monoisotopic (exact) mass is 234 g/mol. The van der Waals surface area contributed by atoms with Crippen molar-refractivity contribution in [3.8, 4) is 0 Å². The van der Waals surface area contributed by atoms with Crippen LogP contribution in [0.5, 0.6) is 0 Å². The van der Waals surface area contributed by atoms with Gasteiger partial charge in [0.1, 0.15) is 0 Å². The van der Waals surface area contributed by atoms with Crippen LogP contribution in [0.15, 0.2) is 0 Å². The quantitative estimate of drug-likeness (QED) is 0.275. The molecular weight excluding hydrogens is 216 g/mol. The smallest absolute Gasteiger partial charge is 0.0986 e. The zero-order valence-electron chi connectivity index (χ0n) is 8.82. The van der Waals surface area contributed by atoms with E-state index < -0.39 is 35.6 Å². The molecular formula is C10H18O6. The van der Waals surface area contributed by atoms with Crippen LogP contribution in [0.25, 0.3) is 0 Å². The lowest BCUT2D eigenvalue weighted by molar-refractivity contribution is -0.267. The summed E-state index contributed by atoms with van der Waals surface area (Å²) in [5.41, 5.74) is -3.30. The Hall–Kier alpha value is -0.240. The molecule has 2 fully saturated rings. The molecule has 0 aromatic rings. The van der Waals surface area contributed by atoms with Gasteiger partial charge in [0.25, 0.3) is 0 Å². The van der Waals surface area contributed by atoms with Gasteiger partial charge in [0, 0.05) is 25.7 Å². The highest BCUT2D eigenvalue weighted by atomic mass is 16.4. The van der Waals surface area contributed by atoms with E-state index in [0.717, 1.165) is 0 Å². The van der Waals surface area contributed by atoms with Gasteiger partial charge in [-0.25, -0.2) is 0 Å². The van der Waals surface area contributed by atoms with Crippen molar-refractivity contribution < 1.29 is 30.6 Å². The normalized spacial score (nSPS) is 58.1. The number of hydrogen-bond acceptors (Lipinski definition) is 6. The lowest BCUT2D eigenvalue weighted by atomic mass is 9.61. The molecule has 2 aliphatic rings. The van der Waals surface area contributed by atoms with Gasteiger partial charge >= 0.3 is 0 Å². The van der Waals surface area contributed by atoms with Gasteiger partial charge in [-0.1, -0.05) is 0 Å². The van der Waals surface area contributed by atoms with Crippen LogP contribution in [0.1, 0.15) is 25.7 Å². The molecule has 0 saturated heterocycles. The fourth-order valence-electron chi connectivity index (χ4n) is 2.85. The van der Waals surface area contributed by atoms with E-state index in [-0.39, 0.29) is 25.7 Å². The van der Waals surface area contributed by atoms with Gasteiger partial charge in [-0.05, 0) is 0 Å². The Balaban J connectivity index is 2.27. The van der Waals surface area contributed by atoms with E-state index in [2.05, 4.69) is 0 Å². The Kier molecular flexibility index (Phi) is 2.77. The Labute approximate surface area is 92.8 Å². The van der Waals surface area contributed by atoms with Gasteiger partial charge in [0.15, 0.2) is 0 Å². The van der Waals surface area contributed by atoms with Crippen molar-refractivity contribution in [2.45, 2.75) is 61.3 Å². The summed E-state index contributed by atoms with van der Waals surface area (Å²) in [5, 5.41) is 58.4. The molecule has 0 spiro atoms. The Bertz CT molecular complexity index is 232. The van der Waals surface area contributed by atoms with Crippen molar-refractivity contribution >= 4 is 0 Å². The minimum Gasteiger partial charge on any atom is -0.390 e. The second-order valence-corrected chi connectivity index (χ2v) is 5.15. The van der Waals surface area contributed by atoms with E-state index in [9.17, 15) is 30.6 Å². The van der Waals surface area contributed by atoms with Crippen LogP contribution in [-0.2, 0) is 0 Å². The Morgan fingerprint density at radius 1 is 0.562 bits per heavy atom. The molecule has 6 nitrogen and oxygen atoms in total. The first-order valence-corrected chi connectivity index (χ1v) is 5.44. The molecule has 0 bridgehead atoms. The van der Waals surface area contributed by atoms with E-state index in [1.165, 1.54) is 0 Å². The first-order valence-electron chi connectivity index (χ1n) is 5.44. The minimum atomic E-state index is -1.65. The van der Waals surface area contributed by atoms with Gasteiger partial charge in [-0.15, -0.1) is 0 Å². The van der Waals surface area contributed by atoms with Gasteiger partial charge in [0.05, 0.1) is 35.6 Å². The molecule has 0 heterocycles. The van der Waals surface area contributed by atoms with Crippen LogP contribution in [0.4, 0.5) is 0 Å². The second kappa shape index (κ2) is 3.63. The third-order valence-corrected chi connectivity index (χ3v) is 3.94. The van der Waals surface area contributed by atoms with Crippen LogP contribution < -0.4 is 0 Å². The molecule has 2 saturated carbocycles. The number of fused-ring (bicyclic) bond motifs is 1. The Morgan fingerprint density at radius 3 is 0.938 bits per heavy atom. The lowest BCUT2D eigenvalue weighted by Gasteiger charge is -2.54. The number of rotatable bonds is 0. The van der Waals surface area contributed by atoms with Gasteiger partial charge in [-0.2, -0.15) is 0 Å². The summed E-state index contributed by atoms with van der Waals surface area (Å²) in [5.74, 6) is 0. The molecule has 0 aromatic heterocycles. The number of aliphatic hydroxyl groups excluding tert-OH is 4. The average molecular weight is 234 g/mol. The second-order valence-electron chi connectivity index (χ2n) is 5.15. The SMILES string of the molecule is O[C@H]1CC2(O)C[C@H](O)[C@@H](O)CC2(O)C[C@@H]1O. The van der Waals surface area contributed by atoms with Crippen molar-refractivity contribution in [1.29, 1.82) is 0 Å². The molecule has 6 N–H and O–H groups in total. The first kappa shape index (κ1) is 12.2. The van der Waals surface area contributed by atoms with E-state index in [1.807, 2.05) is 0 Å². The molecule has 16 heavy (non-hydrogen) atoms. The van der Waals surface area contributed by atoms with Crippen LogP contribution in [0, 0.1) is 0 Å². The van der Waals surface area contributed by atoms with Gasteiger partial charge in [0.2, 0.25) is 0 Å². The molecule has 2 aliphatic carbocycles. The van der Waals surface area contributed by atoms with Gasteiger partial charge < -0.3 is 30.6 Å². The Morgan fingerprint density at radius 2 is 0.750 bits per heavy atom. The van der Waals surface area contributed by atoms with E-state index in [1.54, 1.807) is 0 Å². The van der Waals surface area contributed by atoms with Crippen molar-refractivity contribution in [3.05, 3.63) is 0 Å². The maximum Gasteiger partial charge on any atom is 0.0986 e. The zero-order chi connectivity index (χ0) is 12.1. The molecule has 0 aliphatic heterocycles. The molecule has 0 amide bonds. The minimum absolute atomic E-state index is 0.200. The molecule has 94 valence electrons. The van der Waals surface area contributed by atoms with Crippen LogP contribution in [0.3, 0.4) is 0 Å². The molecule has 0 aromatic carbocycles. The molecule has 4 atom stereocenters. The van der Waals surface area contributed by atoms with Crippen molar-refractivity contribution in [2.24, 2.45) is 0 Å². The lowest BCUT2D eigenvalue weighted by Crippen LogP contribution is -2.68. The van der Waals surface area contributed by atoms with Crippen LogP contribution in [-0.4, -0.2) is 66.3 Å². The van der Waals surface area contributed by atoms with E-state index in [4.69, 9.17) is 0 Å². The predicted molar refractivity (Wildman–Crippen MR) is 52.4 cm³/mol. The summed E-state index contributed by atoms with van der Waals surface area (Å²) < 4.78 is 0. The van der Waals surface area contributed by atoms with E-state index in [0.29, 0.717) is 0 Å². The largest absolute Gasteiger partial charge is 0.390 e. The highest BCUT2D eigenvalue weighted by Gasteiger charge is 2.60. The van der Waals surface area contributed by atoms with Crippen LogP contribution in [0.2, 0.25) is 0 Å². The number of aliphatic hydroxyl groups is 6. The standard InChI is InChI=1S/C10H18O6/c11-5-1-9(15)2-7(13)8(14)4-10(9,16)3-6(5)12/h5-8,11-16H,1-4H2/t5-,6-,7-,8-,9?,10?/m0/s1. The summed E-state index contributed by atoms with van der Waals surface area (Å²) in [6.07, 6.45) is -5.27. The summed E-state index contributed by atoms with van der Waals surface area (Å²) in [6.45, 7) is 0. The summed E-state index contributed by atoms with van der Waals surface area (Å²) in [6, 6.07) is 0. The maximum absolute atomic E-state index is 10.2. The van der Waals surface area contributed by atoms with Gasteiger partial charge in [-0.3, -0.25) is 0 Å². The number of hydrogen-bond donors (Lipinski definition) is 6. The first-order chi connectivity index (χ1) is 7.27. The molecule has 6 heteroatoms. The third-order valence-electron chi connectivity index (χ3n) is 3.94. The van der Waals surface area contributed by atoms with Crippen LogP contribution >= 0.6 is 0 Å². The molecule has 2 rings (SSSR count). The zero-order valence-corrected chi connectivity index (χ0v) is 8.82. The van der Waals surface area contributed by atoms with Crippen molar-refractivity contribution in [3.63, 3.8) is 0 Å². The third kappa shape index (κ3) is 1.66. The van der Waals surface area contributed by atoms with Crippen molar-refractivity contribution in [2.75, 3.05) is 0 Å². The summed E-state index contributed by atoms with van der Waals surface area (Å²) in [7, 11) is 0. The maximum atomic E-state index is 10.2. The molecule has 0 unspecified atom stereocenters. The topological polar surface area (TPSA) is 121 Å². The fourth-order valence-corrected chi connectivity index (χ4v) is 2.85. The van der Waals surface area contributed by atoms with Crippen molar-refractivity contribution in [1.82, 2.24) is 0 Å². The highest BCUT2D eigenvalue weighted by molar-refractivity contribution is 5.12. The average Bonchev–Trinajstić information content (AvgIpc) is 2.12. The molecule has 0 radical (unpaired) electrons. The predicted octanol–water partition coefficient (Wildman–Crippen LogP) is -2.52.